The van der Waals surface area contributed by atoms with Gasteiger partial charge in [-0.2, -0.15) is 4.31 Å². The van der Waals surface area contributed by atoms with E-state index in [2.05, 4.69) is 0 Å². The summed E-state index contributed by atoms with van der Waals surface area (Å²) in [5, 5.41) is 9.89. The molecule has 0 aromatic heterocycles. The van der Waals surface area contributed by atoms with E-state index in [0.717, 1.165) is 0 Å². The lowest BCUT2D eigenvalue weighted by molar-refractivity contribution is 0.00863. The Labute approximate surface area is 124 Å². The van der Waals surface area contributed by atoms with E-state index in [1.165, 1.54) is 22.5 Å². The molecule has 0 unspecified atom stereocenters. The van der Waals surface area contributed by atoms with Crippen molar-refractivity contribution in [1.29, 1.82) is 0 Å². The van der Waals surface area contributed by atoms with Crippen molar-refractivity contribution >= 4 is 10.0 Å². The number of hydrogen-bond donors (Lipinski definition) is 1. The molecule has 0 radical (unpaired) electrons. The Morgan fingerprint density at radius 1 is 1.48 bits per heavy atom. The zero-order chi connectivity index (χ0) is 15.7. The normalized spacial score (nSPS) is 23.7. The van der Waals surface area contributed by atoms with Crippen molar-refractivity contribution in [2.75, 3.05) is 19.7 Å². The summed E-state index contributed by atoms with van der Waals surface area (Å²) in [6.07, 6.45) is 0.300. The molecule has 1 heterocycles. The molecule has 7 heteroatoms. The molecule has 1 fully saturated rings. The minimum atomic E-state index is -3.38. The first-order valence-electron chi connectivity index (χ1n) is 6.83. The van der Waals surface area contributed by atoms with Gasteiger partial charge in [-0.05, 0) is 32.4 Å². The van der Waals surface area contributed by atoms with Crippen LogP contribution in [0.25, 0.3) is 0 Å². The molecule has 1 aliphatic heterocycles. The van der Waals surface area contributed by atoms with Crippen LogP contribution in [0.15, 0.2) is 24.3 Å². The molecule has 1 saturated heterocycles. The number of sulfonamides is 1. The Kier molecular flexibility index (Phi) is 4.55. The van der Waals surface area contributed by atoms with Crippen LogP contribution >= 0.6 is 0 Å². The molecule has 1 aromatic rings. The van der Waals surface area contributed by atoms with Gasteiger partial charge >= 0.3 is 0 Å². The van der Waals surface area contributed by atoms with Gasteiger partial charge in [0, 0.05) is 19.2 Å². The third-order valence-corrected chi connectivity index (χ3v) is 5.78. The monoisotopic (exact) mass is 317 g/mol. The number of benzene rings is 1. The van der Waals surface area contributed by atoms with Crippen molar-refractivity contribution in [2.45, 2.75) is 31.1 Å². The Balaban J connectivity index is 1.99. The number of β-amino-alcohol motifs (C(OH)–C–C–N with tert-alkyl or cyclic N) is 1. The van der Waals surface area contributed by atoms with Gasteiger partial charge in [0.1, 0.15) is 23.8 Å². The third kappa shape index (κ3) is 3.72. The van der Waals surface area contributed by atoms with Gasteiger partial charge in [0.05, 0.1) is 5.25 Å². The Hall–Kier alpha value is -1.18. The van der Waals surface area contributed by atoms with Crippen LogP contribution in [0.3, 0.4) is 0 Å². The minimum absolute atomic E-state index is 0.00281. The van der Waals surface area contributed by atoms with Crippen molar-refractivity contribution in [1.82, 2.24) is 4.31 Å². The highest BCUT2D eigenvalue weighted by Gasteiger charge is 2.42. The second-order valence-corrected chi connectivity index (χ2v) is 8.14. The van der Waals surface area contributed by atoms with E-state index in [-0.39, 0.29) is 19.7 Å². The topological polar surface area (TPSA) is 66.8 Å². The van der Waals surface area contributed by atoms with E-state index in [0.29, 0.717) is 12.2 Å². The molecule has 1 atom stereocenters. The number of aliphatic hydroxyl groups is 1. The lowest BCUT2D eigenvalue weighted by atomic mass is 10.1. The second-order valence-electron chi connectivity index (χ2n) is 5.65. The molecule has 0 aliphatic carbocycles. The van der Waals surface area contributed by atoms with Crippen molar-refractivity contribution in [3.8, 4) is 5.75 Å². The molecule has 2 rings (SSSR count). The molecule has 118 valence electrons. The summed E-state index contributed by atoms with van der Waals surface area (Å²) in [6, 6.07) is 5.62. The molecule has 0 amide bonds. The lowest BCUT2D eigenvalue weighted by Crippen LogP contribution is -2.42. The minimum Gasteiger partial charge on any atom is -0.490 e. The molecule has 0 saturated carbocycles. The summed E-state index contributed by atoms with van der Waals surface area (Å²) >= 11 is 0. The Morgan fingerprint density at radius 2 is 2.19 bits per heavy atom. The van der Waals surface area contributed by atoms with Gasteiger partial charge in [0.25, 0.3) is 0 Å². The highest BCUT2D eigenvalue weighted by Crippen LogP contribution is 2.26. The summed E-state index contributed by atoms with van der Waals surface area (Å²) in [7, 11) is -3.38. The first kappa shape index (κ1) is 16.2. The van der Waals surface area contributed by atoms with Gasteiger partial charge in [-0.1, -0.05) is 6.07 Å². The van der Waals surface area contributed by atoms with Crippen LogP contribution in [0, 0.1) is 5.82 Å². The van der Waals surface area contributed by atoms with Crippen molar-refractivity contribution in [2.24, 2.45) is 0 Å². The third-order valence-electron chi connectivity index (χ3n) is 3.56. The maximum absolute atomic E-state index is 13.0. The van der Waals surface area contributed by atoms with E-state index in [1.54, 1.807) is 19.9 Å². The van der Waals surface area contributed by atoms with Gasteiger partial charge in [-0.25, -0.2) is 12.8 Å². The van der Waals surface area contributed by atoms with Gasteiger partial charge in [0.2, 0.25) is 10.0 Å². The smallest absolute Gasteiger partial charge is 0.216 e. The molecule has 0 bridgehead atoms. The second kappa shape index (κ2) is 5.90. The highest BCUT2D eigenvalue weighted by atomic mass is 32.2. The zero-order valence-corrected chi connectivity index (χ0v) is 12.9. The summed E-state index contributed by atoms with van der Waals surface area (Å²) in [5.74, 6) is -0.108. The predicted octanol–water partition coefficient (Wildman–Crippen LogP) is 1.38. The number of hydrogen-bond acceptors (Lipinski definition) is 4. The SMILES string of the molecule is CC(C)S(=O)(=O)N1CC[C@](O)(COc2cccc(F)c2)C1. The van der Waals surface area contributed by atoms with Crippen molar-refractivity contribution in [3.05, 3.63) is 30.1 Å². The van der Waals surface area contributed by atoms with E-state index in [9.17, 15) is 17.9 Å². The summed E-state index contributed by atoms with van der Waals surface area (Å²) in [5.41, 5.74) is -1.24. The van der Waals surface area contributed by atoms with E-state index in [1.807, 2.05) is 0 Å². The fourth-order valence-corrected chi connectivity index (χ4v) is 3.59. The molecule has 1 N–H and O–H groups in total. The molecule has 21 heavy (non-hydrogen) atoms. The number of rotatable bonds is 5. The molecule has 0 spiro atoms. The first-order valence-corrected chi connectivity index (χ1v) is 8.33. The standard InChI is InChI=1S/C14H20FNO4S/c1-11(2)21(18,19)16-7-6-14(17,9-16)10-20-13-5-3-4-12(15)8-13/h3-5,8,11,17H,6-7,9-10H2,1-2H3/t14-/m1/s1. The molecule has 5 nitrogen and oxygen atoms in total. The Morgan fingerprint density at radius 3 is 2.81 bits per heavy atom. The van der Waals surface area contributed by atoms with Crippen molar-refractivity contribution < 1.29 is 22.7 Å². The largest absolute Gasteiger partial charge is 0.490 e. The number of halogens is 1. The van der Waals surface area contributed by atoms with E-state index >= 15 is 0 Å². The first-order chi connectivity index (χ1) is 9.73. The van der Waals surface area contributed by atoms with Crippen LogP contribution in [0.5, 0.6) is 5.75 Å². The summed E-state index contributed by atoms with van der Waals surface area (Å²) in [6.45, 7) is 3.42. The summed E-state index contributed by atoms with van der Waals surface area (Å²) < 4.78 is 43.8. The van der Waals surface area contributed by atoms with E-state index in [4.69, 9.17) is 4.74 Å². The molecule has 1 aliphatic rings. The average Bonchev–Trinajstić information content (AvgIpc) is 2.80. The highest BCUT2D eigenvalue weighted by molar-refractivity contribution is 7.89. The fourth-order valence-electron chi connectivity index (χ4n) is 2.23. The zero-order valence-electron chi connectivity index (χ0n) is 12.1. The predicted molar refractivity (Wildman–Crippen MR) is 77.1 cm³/mol. The molecular formula is C14H20FNO4S. The van der Waals surface area contributed by atoms with Crippen molar-refractivity contribution in [3.63, 3.8) is 0 Å². The quantitative estimate of drug-likeness (QED) is 0.891. The van der Waals surface area contributed by atoms with Gasteiger partial charge in [0.15, 0.2) is 0 Å². The van der Waals surface area contributed by atoms with Crippen LogP contribution in [0.2, 0.25) is 0 Å². The van der Waals surface area contributed by atoms with Crippen LogP contribution < -0.4 is 4.74 Å². The number of ether oxygens (including phenoxy) is 1. The number of nitrogens with zero attached hydrogens (tertiary/aromatic N) is 1. The Bertz CT molecular complexity index is 605. The van der Waals surface area contributed by atoms with Gasteiger partial charge in [-0.15, -0.1) is 0 Å². The van der Waals surface area contributed by atoms with Crippen LogP contribution in [0.1, 0.15) is 20.3 Å². The molecule has 1 aromatic carbocycles. The maximum atomic E-state index is 13.0. The average molecular weight is 317 g/mol. The lowest BCUT2D eigenvalue weighted by Gasteiger charge is -2.24. The van der Waals surface area contributed by atoms with Crippen LogP contribution in [0.4, 0.5) is 4.39 Å². The van der Waals surface area contributed by atoms with E-state index < -0.39 is 26.7 Å². The van der Waals surface area contributed by atoms with Crippen LogP contribution in [-0.2, 0) is 10.0 Å². The van der Waals surface area contributed by atoms with Gasteiger partial charge in [-0.3, -0.25) is 0 Å². The summed E-state index contributed by atoms with van der Waals surface area (Å²) in [4.78, 5) is 0. The fraction of sp³-hybridized carbons (Fsp3) is 0.571. The maximum Gasteiger partial charge on any atom is 0.216 e. The van der Waals surface area contributed by atoms with Gasteiger partial charge < -0.3 is 9.84 Å². The van der Waals surface area contributed by atoms with Crippen LogP contribution in [-0.4, -0.2) is 48.4 Å². The molecular weight excluding hydrogens is 297 g/mol.